The van der Waals surface area contributed by atoms with E-state index in [4.69, 9.17) is 0 Å². The van der Waals surface area contributed by atoms with Gasteiger partial charge in [-0.15, -0.1) is 0 Å². The van der Waals surface area contributed by atoms with Gasteiger partial charge in [-0.3, -0.25) is 19.7 Å². The van der Waals surface area contributed by atoms with Crippen molar-refractivity contribution in [2.75, 3.05) is 6.54 Å². The lowest BCUT2D eigenvalue weighted by molar-refractivity contribution is -0.480. The molecule has 0 unspecified atom stereocenters. The lowest BCUT2D eigenvalue weighted by atomic mass is 9.46. The van der Waals surface area contributed by atoms with Gasteiger partial charge in [0.2, 0.25) is 6.54 Å². The molecule has 0 amide bonds. The summed E-state index contributed by atoms with van der Waals surface area (Å²) in [6.07, 6.45) is 8.83. The number of hydrogen-bond acceptors (Lipinski definition) is 5. The van der Waals surface area contributed by atoms with Gasteiger partial charge in [0.1, 0.15) is 5.60 Å². The van der Waals surface area contributed by atoms with Crippen molar-refractivity contribution >= 4 is 11.6 Å². The molecule has 0 aliphatic heterocycles. The monoisotopic (exact) mass is 403 g/mol. The molecule has 6 heteroatoms. The number of carbonyl (C=O) groups is 2. The first-order valence-electron chi connectivity index (χ1n) is 11.2. The second-order valence-corrected chi connectivity index (χ2v) is 10.4. The third-order valence-electron chi connectivity index (χ3n) is 9.32. The molecule has 0 spiro atoms. The van der Waals surface area contributed by atoms with Crippen LogP contribution in [0.1, 0.15) is 78.1 Å². The van der Waals surface area contributed by atoms with Crippen molar-refractivity contribution in [3.63, 3.8) is 0 Å². The van der Waals surface area contributed by atoms with E-state index in [1.54, 1.807) is 0 Å². The first-order chi connectivity index (χ1) is 13.6. The summed E-state index contributed by atoms with van der Waals surface area (Å²) in [5.41, 5.74) is -0.391. The lowest BCUT2D eigenvalue weighted by Gasteiger charge is -2.58. The lowest BCUT2D eigenvalue weighted by Crippen LogP contribution is -2.57. The van der Waals surface area contributed by atoms with Gasteiger partial charge >= 0.3 is 0 Å². The third kappa shape index (κ3) is 3.01. The van der Waals surface area contributed by atoms with Crippen molar-refractivity contribution in [3.05, 3.63) is 21.8 Å². The van der Waals surface area contributed by atoms with Crippen molar-refractivity contribution in [1.29, 1.82) is 0 Å². The molecule has 3 fully saturated rings. The summed E-state index contributed by atoms with van der Waals surface area (Å²) in [5, 5.41) is 22.1. The highest BCUT2D eigenvalue weighted by molar-refractivity contribution is 5.91. The molecule has 0 aromatic rings. The van der Waals surface area contributed by atoms with Gasteiger partial charge in [-0.1, -0.05) is 19.4 Å². The Morgan fingerprint density at radius 3 is 2.62 bits per heavy atom. The van der Waals surface area contributed by atoms with Crippen molar-refractivity contribution in [3.8, 4) is 0 Å². The van der Waals surface area contributed by atoms with E-state index in [-0.39, 0.29) is 36.4 Å². The van der Waals surface area contributed by atoms with E-state index in [1.807, 2.05) is 6.08 Å². The van der Waals surface area contributed by atoms with Crippen LogP contribution in [0.5, 0.6) is 0 Å². The van der Waals surface area contributed by atoms with Crippen LogP contribution in [0.2, 0.25) is 0 Å². The summed E-state index contributed by atoms with van der Waals surface area (Å²) in [5.74, 6) is 1.35. The maximum absolute atomic E-state index is 13.0. The number of hydrogen-bond donors (Lipinski definition) is 1. The molecular weight excluding hydrogens is 370 g/mol. The van der Waals surface area contributed by atoms with Crippen LogP contribution in [0.25, 0.3) is 0 Å². The summed E-state index contributed by atoms with van der Waals surface area (Å²) in [6.45, 7) is 4.19. The Morgan fingerprint density at radius 1 is 1.17 bits per heavy atom. The number of nitro groups is 1. The summed E-state index contributed by atoms with van der Waals surface area (Å²) < 4.78 is 0. The van der Waals surface area contributed by atoms with Crippen molar-refractivity contribution in [1.82, 2.24) is 0 Å². The van der Waals surface area contributed by atoms with Crippen molar-refractivity contribution < 1.29 is 19.6 Å². The molecule has 3 saturated carbocycles. The topological polar surface area (TPSA) is 97.5 Å². The van der Waals surface area contributed by atoms with Crippen LogP contribution in [-0.2, 0) is 9.59 Å². The number of Topliss-reactive ketones (excluding diaryl/α,β-unsaturated/α-hetero) is 1. The fraction of sp³-hybridized carbons (Fsp3) is 0.826. The zero-order valence-corrected chi connectivity index (χ0v) is 17.6. The van der Waals surface area contributed by atoms with Crippen molar-refractivity contribution in [2.45, 2.75) is 83.7 Å². The Bertz CT molecular complexity index is 775. The molecule has 29 heavy (non-hydrogen) atoms. The average molecular weight is 404 g/mol. The number of allylic oxidation sites excluding steroid dienone is 1. The van der Waals surface area contributed by atoms with E-state index in [1.165, 1.54) is 5.57 Å². The number of nitrogens with zero attached hydrogens (tertiary/aromatic N) is 1. The highest BCUT2D eigenvalue weighted by Gasteiger charge is 2.65. The maximum atomic E-state index is 13.0. The average Bonchev–Trinajstić information content (AvgIpc) is 2.94. The van der Waals surface area contributed by atoms with Gasteiger partial charge in [0.25, 0.3) is 0 Å². The van der Waals surface area contributed by atoms with Gasteiger partial charge in [0.15, 0.2) is 11.6 Å². The van der Waals surface area contributed by atoms with E-state index in [2.05, 4.69) is 13.8 Å². The maximum Gasteiger partial charge on any atom is 0.204 e. The highest BCUT2D eigenvalue weighted by Crippen LogP contribution is 2.67. The zero-order valence-electron chi connectivity index (χ0n) is 17.6. The standard InChI is InChI=1S/C23H33NO5/c1-21-10-7-16(25)14-15(21)5-6-17-18(21)8-11-22(2)19(17)9-12-23(22,27)20(26)4-3-13-24(28)29/h14,17-19,27H,3-13H2,1-2H3/t17-,18+,19+,21+,22+,23+/m1/s1. The minimum atomic E-state index is -1.35. The van der Waals surface area contributed by atoms with Crippen LogP contribution >= 0.6 is 0 Å². The Hall–Kier alpha value is -1.56. The largest absolute Gasteiger partial charge is 0.381 e. The quantitative estimate of drug-likeness (QED) is 0.555. The highest BCUT2D eigenvalue weighted by atomic mass is 16.6. The summed E-state index contributed by atoms with van der Waals surface area (Å²) in [4.78, 5) is 35.1. The summed E-state index contributed by atoms with van der Waals surface area (Å²) in [6, 6.07) is 0. The molecule has 4 aliphatic rings. The van der Waals surface area contributed by atoms with Crippen LogP contribution in [0.15, 0.2) is 11.6 Å². The fourth-order valence-electron chi connectivity index (χ4n) is 7.61. The van der Waals surface area contributed by atoms with E-state index in [0.717, 1.165) is 38.5 Å². The Labute approximate surface area is 172 Å². The van der Waals surface area contributed by atoms with E-state index >= 15 is 0 Å². The Balaban J connectivity index is 1.56. The number of ketones is 2. The number of carbonyl (C=O) groups excluding carboxylic acids is 2. The molecular formula is C23H33NO5. The second kappa shape index (κ2) is 7.00. The van der Waals surface area contributed by atoms with E-state index < -0.39 is 15.9 Å². The molecule has 0 aromatic heterocycles. The van der Waals surface area contributed by atoms with Crippen LogP contribution in [0.3, 0.4) is 0 Å². The van der Waals surface area contributed by atoms with E-state index in [0.29, 0.717) is 30.6 Å². The fourth-order valence-corrected chi connectivity index (χ4v) is 7.61. The predicted molar refractivity (Wildman–Crippen MR) is 108 cm³/mol. The third-order valence-corrected chi connectivity index (χ3v) is 9.32. The van der Waals surface area contributed by atoms with Crippen LogP contribution < -0.4 is 0 Å². The van der Waals surface area contributed by atoms with Gasteiger partial charge in [-0.2, -0.15) is 0 Å². The second-order valence-electron chi connectivity index (χ2n) is 10.4. The predicted octanol–water partition coefficient (Wildman–Crippen LogP) is 3.88. The van der Waals surface area contributed by atoms with Crippen LogP contribution in [0, 0.1) is 38.7 Å². The zero-order chi connectivity index (χ0) is 21.0. The first-order valence-corrected chi connectivity index (χ1v) is 11.2. The van der Waals surface area contributed by atoms with Crippen LogP contribution in [0.4, 0.5) is 0 Å². The summed E-state index contributed by atoms with van der Waals surface area (Å²) in [7, 11) is 0. The Morgan fingerprint density at radius 2 is 1.90 bits per heavy atom. The minimum Gasteiger partial charge on any atom is -0.381 e. The molecule has 0 saturated heterocycles. The molecule has 4 aliphatic carbocycles. The number of aliphatic hydroxyl groups is 1. The number of fused-ring (bicyclic) bond motifs is 5. The molecule has 1 N–H and O–H groups in total. The normalized spacial score (nSPS) is 43.8. The first kappa shape index (κ1) is 20.7. The van der Waals surface area contributed by atoms with Gasteiger partial charge < -0.3 is 5.11 Å². The molecule has 0 aromatic carbocycles. The smallest absolute Gasteiger partial charge is 0.204 e. The molecule has 6 atom stereocenters. The summed E-state index contributed by atoms with van der Waals surface area (Å²) >= 11 is 0. The van der Waals surface area contributed by atoms with E-state index in [9.17, 15) is 24.8 Å². The molecule has 0 heterocycles. The minimum absolute atomic E-state index is 0.0780. The number of rotatable bonds is 5. The molecule has 6 nitrogen and oxygen atoms in total. The SMILES string of the molecule is C[C@]12CCC(=O)C=C1CC[C@@H]1[C@@H]2CC[C@@]2(C)[C@H]1CC[C@]2(O)C(=O)CCC[N+](=O)[O-]. The van der Waals surface area contributed by atoms with Crippen LogP contribution in [-0.4, -0.2) is 33.7 Å². The van der Waals surface area contributed by atoms with Gasteiger partial charge in [-0.05, 0) is 74.2 Å². The molecule has 0 bridgehead atoms. The molecule has 160 valence electrons. The Kier molecular flexibility index (Phi) is 5.00. The van der Waals surface area contributed by atoms with Gasteiger partial charge in [0.05, 0.1) is 0 Å². The van der Waals surface area contributed by atoms with Gasteiger partial charge in [0, 0.05) is 29.6 Å². The van der Waals surface area contributed by atoms with Gasteiger partial charge in [-0.25, -0.2) is 0 Å². The molecule has 4 rings (SSSR count). The molecule has 0 radical (unpaired) electrons. The van der Waals surface area contributed by atoms with Crippen molar-refractivity contribution in [2.24, 2.45) is 28.6 Å².